The Morgan fingerprint density at radius 1 is 1.00 bits per heavy atom. The van der Waals surface area contributed by atoms with Crippen LogP contribution < -0.4 is 15.5 Å². The second kappa shape index (κ2) is 11.6. The molecule has 0 spiro atoms. The predicted octanol–water partition coefficient (Wildman–Crippen LogP) is 4.59. The Morgan fingerprint density at radius 3 is 2.35 bits per heavy atom. The number of fused-ring (bicyclic) bond motifs is 1. The second-order valence-corrected chi connectivity index (χ2v) is 11.4. The number of carbonyl (C=O) groups excluding carboxylic acids is 1. The van der Waals surface area contributed by atoms with E-state index in [1.54, 1.807) is 31.2 Å². The molecule has 1 amide bonds. The standard InChI is InChI=1S/C30H30N2O7S/c1-3-25(30(34)31-22-12-14-23(15-13-22)40(35,36)32-16-18-37-19-17-32)38-29-27(33)24-6-4-5-7-26(24)39-28(29)21-10-8-20(2)9-11-21/h4-15,25H,3,16-19H2,1-2H3,(H,31,34). The van der Waals surface area contributed by atoms with Crippen LogP contribution in [0, 0.1) is 6.92 Å². The third-order valence-electron chi connectivity index (χ3n) is 6.72. The van der Waals surface area contributed by atoms with E-state index in [-0.39, 0.29) is 28.3 Å². The SMILES string of the molecule is CCC(Oc1c(-c2ccc(C)cc2)oc2ccccc2c1=O)C(=O)Nc1ccc(S(=O)(=O)N2CCOCC2)cc1. The average Bonchev–Trinajstić information content (AvgIpc) is 2.98. The number of nitrogens with zero attached hydrogens (tertiary/aromatic N) is 1. The first-order valence-electron chi connectivity index (χ1n) is 13.1. The summed E-state index contributed by atoms with van der Waals surface area (Å²) in [5.41, 5.74) is 2.14. The Labute approximate surface area is 232 Å². The van der Waals surface area contributed by atoms with Crippen molar-refractivity contribution in [3.8, 4) is 17.1 Å². The maximum absolute atomic E-state index is 13.5. The smallest absolute Gasteiger partial charge is 0.265 e. The van der Waals surface area contributed by atoms with Gasteiger partial charge in [-0.15, -0.1) is 0 Å². The van der Waals surface area contributed by atoms with Crippen molar-refractivity contribution in [1.82, 2.24) is 4.31 Å². The van der Waals surface area contributed by atoms with Crippen LogP contribution in [-0.2, 0) is 19.6 Å². The van der Waals surface area contributed by atoms with Crippen LogP contribution in [0.5, 0.6) is 5.75 Å². The summed E-state index contributed by atoms with van der Waals surface area (Å²) in [7, 11) is -3.65. The molecule has 1 saturated heterocycles. The Hall–Kier alpha value is -3.99. The first-order chi connectivity index (χ1) is 19.3. The molecule has 1 atom stereocenters. The van der Waals surface area contributed by atoms with Crippen molar-refractivity contribution in [2.45, 2.75) is 31.3 Å². The zero-order valence-electron chi connectivity index (χ0n) is 22.3. The number of sulfonamides is 1. The number of carbonyl (C=O) groups is 1. The van der Waals surface area contributed by atoms with Gasteiger partial charge in [0.25, 0.3) is 5.91 Å². The molecule has 1 unspecified atom stereocenters. The van der Waals surface area contributed by atoms with E-state index >= 15 is 0 Å². The van der Waals surface area contributed by atoms with Crippen LogP contribution in [0.1, 0.15) is 18.9 Å². The number of ether oxygens (including phenoxy) is 2. The number of hydrogen-bond acceptors (Lipinski definition) is 7. The van der Waals surface area contributed by atoms with Crippen molar-refractivity contribution in [2.24, 2.45) is 0 Å². The fourth-order valence-corrected chi connectivity index (χ4v) is 5.87. The number of aryl methyl sites for hydroxylation is 1. The number of anilines is 1. The largest absolute Gasteiger partial charge is 0.473 e. The van der Waals surface area contributed by atoms with Crippen LogP contribution in [0.15, 0.2) is 86.9 Å². The van der Waals surface area contributed by atoms with Gasteiger partial charge >= 0.3 is 0 Å². The molecular formula is C30H30N2O7S. The summed E-state index contributed by atoms with van der Waals surface area (Å²) in [6.07, 6.45) is -0.736. The van der Waals surface area contributed by atoms with E-state index in [4.69, 9.17) is 13.9 Å². The van der Waals surface area contributed by atoms with E-state index in [9.17, 15) is 18.0 Å². The van der Waals surface area contributed by atoms with Gasteiger partial charge < -0.3 is 19.2 Å². The molecule has 1 fully saturated rings. The van der Waals surface area contributed by atoms with Crippen LogP contribution in [0.2, 0.25) is 0 Å². The van der Waals surface area contributed by atoms with Gasteiger partial charge in [0.2, 0.25) is 21.2 Å². The molecule has 9 nitrogen and oxygen atoms in total. The van der Waals surface area contributed by atoms with Crippen molar-refractivity contribution in [2.75, 3.05) is 31.6 Å². The summed E-state index contributed by atoms with van der Waals surface area (Å²) in [4.78, 5) is 26.9. The minimum Gasteiger partial charge on any atom is -0.473 e. The van der Waals surface area contributed by atoms with Crippen molar-refractivity contribution >= 4 is 32.6 Å². The van der Waals surface area contributed by atoms with E-state index in [1.165, 1.54) is 28.6 Å². The van der Waals surface area contributed by atoms with Gasteiger partial charge in [0.15, 0.2) is 11.9 Å². The highest BCUT2D eigenvalue weighted by Crippen LogP contribution is 2.32. The maximum atomic E-state index is 13.5. The Bertz CT molecular complexity index is 1670. The maximum Gasteiger partial charge on any atom is 0.265 e. The van der Waals surface area contributed by atoms with Crippen LogP contribution in [0.3, 0.4) is 0 Å². The summed E-state index contributed by atoms with van der Waals surface area (Å²) < 4.78 is 44.6. The highest BCUT2D eigenvalue weighted by molar-refractivity contribution is 7.89. The first-order valence-corrected chi connectivity index (χ1v) is 14.5. The van der Waals surface area contributed by atoms with Gasteiger partial charge in [0, 0.05) is 24.3 Å². The summed E-state index contributed by atoms with van der Waals surface area (Å²) in [5, 5.41) is 3.12. The Morgan fingerprint density at radius 2 is 1.68 bits per heavy atom. The Balaban J connectivity index is 1.40. The molecule has 1 aliphatic heterocycles. The van der Waals surface area contributed by atoms with E-state index in [1.807, 2.05) is 31.2 Å². The lowest BCUT2D eigenvalue weighted by molar-refractivity contribution is -0.122. The molecule has 40 heavy (non-hydrogen) atoms. The van der Waals surface area contributed by atoms with Gasteiger partial charge in [-0.2, -0.15) is 4.31 Å². The number of amides is 1. The summed E-state index contributed by atoms with van der Waals surface area (Å²) >= 11 is 0. The molecule has 1 N–H and O–H groups in total. The molecule has 0 aliphatic carbocycles. The number of rotatable bonds is 8. The minimum absolute atomic E-state index is 0.0449. The highest BCUT2D eigenvalue weighted by atomic mass is 32.2. The molecule has 208 valence electrons. The molecule has 0 bridgehead atoms. The zero-order chi connectivity index (χ0) is 28.3. The third kappa shape index (κ3) is 5.65. The lowest BCUT2D eigenvalue weighted by Crippen LogP contribution is -2.40. The minimum atomic E-state index is -3.65. The molecule has 1 aromatic heterocycles. The van der Waals surface area contributed by atoms with Crippen molar-refractivity contribution < 1.29 is 27.1 Å². The quantitative estimate of drug-likeness (QED) is 0.334. The lowest BCUT2D eigenvalue weighted by Gasteiger charge is -2.26. The predicted molar refractivity (Wildman–Crippen MR) is 152 cm³/mol. The number of para-hydroxylation sites is 1. The summed E-state index contributed by atoms with van der Waals surface area (Å²) in [6.45, 7) is 5.03. The lowest BCUT2D eigenvalue weighted by atomic mass is 10.1. The van der Waals surface area contributed by atoms with E-state index in [0.29, 0.717) is 48.5 Å². The van der Waals surface area contributed by atoms with Crippen molar-refractivity contribution in [3.05, 3.63) is 88.6 Å². The second-order valence-electron chi connectivity index (χ2n) is 9.50. The number of benzene rings is 3. The van der Waals surface area contributed by atoms with Crippen molar-refractivity contribution in [1.29, 1.82) is 0 Å². The topological polar surface area (TPSA) is 115 Å². The van der Waals surface area contributed by atoms with Crippen LogP contribution in [0.25, 0.3) is 22.3 Å². The monoisotopic (exact) mass is 562 g/mol. The molecule has 4 aromatic rings. The molecular weight excluding hydrogens is 532 g/mol. The fraction of sp³-hybridized carbons (Fsp3) is 0.267. The molecule has 1 aliphatic rings. The van der Waals surface area contributed by atoms with Gasteiger partial charge in [0.05, 0.1) is 23.5 Å². The van der Waals surface area contributed by atoms with Crippen LogP contribution >= 0.6 is 0 Å². The normalized spacial score (nSPS) is 15.1. The molecule has 0 radical (unpaired) electrons. The van der Waals surface area contributed by atoms with E-state index < -0.39 is 22.0 Å². The van der Waals surface area contributed by atoms with Gasteiger partial charge in [0.1, 0.15) is 5.58 Å². The molecule has 0 saturated carbocycles. The zero-order valence-corrected chi connectivity index (χ0v) is 23.1. The Kier molecular flexibility index (Phi) is 8.02. The first kappa shape index (κ1) is 27.6. The summed E-state index contributed by atoms with van der Waals surface area (Å²) in [6, 6.07) is 20.3. The molecule has 5 rings (SSSR count). The molecule has 3 aromatic carbocycles. The average molecular weight is 563 g/mol. The fourth-order valence-electron chi connectivity index (χ4n) is 4.46. The third-order valence-corrected chi connectivity index (χ3v) is 8.64. The van der Waals surface area contributed by atoms with Gasteiger partial charge in [-0.1, -0.05) is 48.9 Å². The molecule has 2 heterocycles. The highest BCUT2D eigenvalue weighted by Gasteiger charge is 2.27. The molecule has 10 heteroatoms. The van der Waals surface area contributed by atoms with Crippen LogP contribution in [0.4, 0.5) is 5.69 Å². The van der Waals surface area contributed by atoms with Crippen LogP contribution in [-0.4, -0.2) is 51.0 Å². The number of hydrogen-bond donors (Lipinski definition) is 1. The van der Waals surface area contributed by atoms with Gasteiger partial charge in [-0.25, -0.2) is 8.42 Å². The number of morpholine rings is 1. The van der Waals surface area contributed by atoms with Gasteiger partial charge in [-0.05, 0) is 49.7 Å². The van der Waals surface area contributed by atoms with Crippen molar-refractivity contribution in [3.63, 3.8) is 0 Å². The van der Waals surface area contributed by atoms with Gasteiger partial charge in [-0.3, -0.25) is 9.59 Å². The summed E-state index contributed by atoms with van der Waals surface area (Å²) in [5.74, 6) is -0.280. The van der Waals surface area contributed by atoms with E-state index in [2.05, 4.69) is 5.32 Å². The number of nitrogens with one attached hydrogen (secondary N) is 1. The van der Waals surface area contributed by atoms with E-state index in [0.717, 1.165) is 5.56 Å².